The normalized spacial score (nSPS) is 31.2. The van der Waals surface area contributed by atoms with Crippen molar-refractivity contribution in [2.75, 3.05) is 13.1 Å². The third-order valence-corrected chi connectivity index (χ3v) is 5.40. The van der Waals surface area contributed by atoms with E-state index in [1.54, 1.807) is 4.90 Å². The van der Waals surface area contributed by atoms with Crippen molar-refractivity contribution in [3.8, 4) is 0 Å². The van der Waals surface area contributed by atoms with Crippen LogP contribution in [0.15, 0.2) is 0 Å². The number of hydrogen-bond donors (Lipinski definition) is 0. The van der Waals surface area contributed by atoms with Crippen LogP contribution in [0.5, 0.6) is 0 Å². The van der Waals surface area contributed by atoms with E-state index in [1.165, 1.54) is 6.42 Å². The van der Waals surface area contributed by atoms with Gasteiger partial charge in [-0.05, 0) is 58.8 Å². The molecule has 5 nitrogen and oxygen atoms in total. The molecule has 0 radical (unpaired) electrons. The molecule has 130 valence electrons. The third-order valence-electron chi connectivity index (χ3n) is 5.40. The first-order valence-corrected chi connectivity index (χ1v) is 9.17. The average molecular weight is 322 g/mol. The van der Waals surface area contributed by atoms with Gasteiger partial charge in [0.2, 0.25) is 5.91 Å². The van der Waals surface area contributed by atoms with E-state index < -0.39 is 5.60 Å². The summed E-state index contributed by atoms with van der Waals surface area (Å²) in [5.74, 6) is 0.607. The fraction of sp³-hybridized carbons (Fsp3) is 0.889. The average Bonchev–Trinajstić information content (AvgIpc) is 3.12. The first-order valence-electron chi connectivity index (χ1n) is 9.17. The van der Waals surface area contributed by atoms with Crippen LogP contribution in [0.4, 0.5) is 4.79 Å². The lowest BCUT2D eigenvalue weighted by molar-refractivity contribution is -0.135. The van der Waals surface area contributed by atoms with Gasteiger partial charge >= 0.3 is 6.09 Å². The Kier molecular flexibility index (Phi) is 4.56. The fourth-order valence-electron chi connectivity index (χ4n) is 4.41. The molecule has 2 heterocycles. The van der Waals surface area contributed by atoms with Crippen LogP contribution in [0, 0.1) is 5.92 Å². The molecule has 3 atom stereocenters. The van der Waals surface area contributed by atoms with Crippen LogP contribution in [0.25, 0.3) is 0 Å². The Bertz CT molecular complexity index is 465. The lowest BCUT2D eigenvalue weighted by atomic mass is 9.85. The molecule has 5 heteroatoms. The number of ether oxygens (including phenoxy) is 1. The van der Waals surface area contributed by atoms with Gasteiger partial charge in [0.05, 0.1) is 0 Å². The summed E-state index contributed by atoms with van der Waals surface area (Å²) >= 11 is 0. The van der Waals surface area contributed by atoms with E-state index in [2.05, 4.69) is 0 Å². The minimum atomic E-state index is -0.523. The molecule has 0 aromatic carbocycles. The summed E-state index contributed by atoms with van der Waals surface area (Å²) in [7, 11) is 0. The molecule has 23 heavy (non-hydrogen) atoms. The zero-order valence-electron chi connectivity index (χ0n) is 14.7. The molecular weight excluding hydrogens is 292 g/mol. The highest BCUT2D eigenvalue weighted by molar-refractivity contribution is 5.87. The summed E-state index contributed by atoms with van der Waals surface area (Å²) in [5.41, 5.74) is -0.523. The highest BCUT2D eigenvalue weighted by Crippen LogP contribution is 2.41. The molecule has 0 aromatic rings. The number of carbonyl (C=O) groups excluding carboxylic acids is 2. The van der Waals surface area contributed by atoms with E-state index in [9.17, 15) is 9.59 Å². The molecule has 3 fully saturated rings. The fourth-order valence-corrected chi connectivity index (χ4v) is 4.41. The first-order chi connectivity index (χ1) is 10.9. The second-order valence-corrected chi connectivity index (χ2v) is 8.28. The summed E-state index contributed by atoms with van der Waals surface area (Å²) in [6.07, 6.45) is 7.18. The number of carbonyl (C=O) groups is 2. The minimum absolute atomic E-state index is 0.141. The molecule has 2 saturated heterocycles. The largest absolute Gasteiger partial charge is 0.444 e. The maximum absolute atomic E-state index is 12.9. The zero-order valence-corrected chi connectivity index (χ0v) is 14.7. The number of rotatable bonds is 1. The summed E-state index contributed by atoms with van der Waals surface area (Å²) in [6, 6.07) is -0.119. The molecular formula is C18H30N2O3. The van der Waals surface area contributed by atoms with Crippen LogP contribution in [-0.4, -0.2) is 52.6 Å². The quantitative estimate of drug-likeness (QED) is 0.745. The van der Waals surface area contributed by atoms with E-state index in [0.717, 1.165) is 51.6 Å². The Labute approximate surface area is 139 Å². The zero-order chi connectivity index (χ0) is 16.6. The topological polar surface area (TPSA) is 49.9 Å². The van der Waals surface area contributed by atoms with Crippen molar-refractivity contribution in [3.05, 3.63) is 0 Å². The van der Waals surface area contributed by atoms with Crippen molar-refractivity contribution in [2.24, 2.45) is 5.92 Å². The van der Waals surface area contributed by atoms with Gasteiger partial charge in [0, 0.05) is 19.1 Å². The second kappa shape index (κ2) is 6.33. The molecule has 3 aliphatic rings. The Balaban J connectivity index is 1.80. The van der Waals surface area contributed by atoms with Crippen molar-refractivity contribution in [1.29, 1.82) is 0 Å². The van der Waals surface area contributed by atoms with Gasteiger partial charge in [-0.25, -0.2) is 4.79 Å². The van der Waals surface area contributed by atoms with Gasteiger partial charge in [0.1, 0.15) is 11.6 Å². The van der Waals surface area contributed by atoms with Gasteiger partial charge in [-0.3, -0.25) is 9.69 Å². The highest BCUT2D eigenvalue weighted by Gasteiger charge is 2.49. The predicted molar refractivity (Wildman–Crippen MR) is 88.0 cm³/mol. The van der Waals surface area contributed by atoms with Crippen LogP contribution in [-0.2, 0) is 9.53 Å². The maximum Gasteiger partial charge on any atom is 0.411 e. The Morgan fingerprint density at radius 2 is 1.65 bits per heavy atom. The number of nitrogens with zero attached hydrogens (tertiary/aromatic N) is 2. The Hall–Kier alpha value is -1.26. The standard InChI is InChI=1S/C18H30N2O3/c1-18(2,3)23-17(22)20-14-9-5-4-8-13(14)12-15(20)16(21)19-10-6-7-11-19/h13-15H,4-12H2,1-3H3. The summed E-state index contributed by atoms with van der Waals surface area (Å²) in [4.78, 5) is 29.5. The summed E-state index contributed by atoms with van der Waals surface area (Å²) in [5, 5.41) is 0. The molecule has 3 rings (SSSR count). The SMILES string of the molecule is CC(C)(C)OC(=O)N1C(C(=O)N2CCCC2)CC2CCCCC21. The number of amides is 2. The molecule has 0 spiro atoms. The van der Waals surface area contributed by atoms with Gasteiger partial charge in [0.15, 0.2) is 0 Å². The second-order valence-electron chi connectivity index (χ2n) is 8.28. The third kappa shape index (κ3) is 3.48. The van der Waals surface area contributed by atoms with Crippen LogP contribution in [0.1, 0.15) is 65.7 Å². The monoisotopic (exact) mass is 322 g/mol. The van der Waals surface area contributed by atoms with Gasteiger partial charge in [-0.15, -0.1) is 0 Å². The van der Waals surface area contributed by atoms with Gasteiger partial charge in [0.25, 0.3) is 0 Å². The lowest BCUT2D eigenvalue weighted by Crippen LogP contribution is -2.51. The summed E-state index contributed by atoms with van der Waals surface area (Å²) < 4.78 is 5.63. The van der Waals surface area contributed by atoms with Crippen molar-refractivity contribution < 1.29 is 14.3 Å². The van der Waals surface area contributed by atoms with Crippen LogP contribution < -0.4 is 0 Å². The van der Waals surface area contributed by atoms with Crippen molar-refractivity contribution in [3.63, 3.8) is 0 Å². The van der Waals surface area contributed by atoms with Crippen LogP contribution in [0.3, 0.4) is 0 Å². The first kappa shape index (κ1) is 16.6. The maximum atomic E-state index is 12.9. The number of likely N-dealkylation sites (tertiary alicyclic amines) is 2. The molecule has 0 bridgehead atoms. The minimum Gasteiger partial charge on any atom is -0.444 e. The van der Waals surface area contributed by atoms with Crippen molar-refractivity contribution in [2.45, 2.75) is 83.4 Å². The summed E-state index contributed by atoms with van der Waals surface area (Å²) in [6.45, 7) is 7.34. The molecule has 0 aromatic heterocycles. The van der Waals surface area contributed by atoms with Crippen LogP contribution in [0.2, 0.25) is 0 Å². The van der Waals surface area contributed by atoms with Gasteiger partial charge in [-0.1, -0.05) is 12.8 Å². The number of fused-ring (bicyclic) bond motifs is 1. The van der Waals surface area contributed by atoms with E-state index in [1.807, 2.05) is 25.7 Å². The highest BCUT2D eigenvalue weighted by atomic mass is 16.6. The van der Waals surface area contributed by atoms with Crippen molar-refractivity contribution >= 4 is 12.0 Å². The molecule has 0 N–H and O–H groups in total. The molecule has 1 aliphatic carbocycles. The molecule has 2 aliphatic heterocycles. The van der Waals surface area contributed by atoms with E-state index in [0.29, 0.717) is 5.92 Å². The Morgan fingerprint density at radius 3 is 2.30 bits per heavy atom. The lowest BCUT2D eigenvalue weighted by Gasteiger charge is -2.35. The molecule has 3 unspecified atom stereocenters. The van der Waals surface area contributed by atoms with Crippen LogP contribution >= 0.6 is 0 Å². The van der Waals surface area contributed by atoms with Gasteiger partial charge < -0.3 is 9.64 Å². The smallest absolute Gasteiger partial charge is 0.411 e. The van der Waals surface area contributed by atoms with E-state index >= 15 is 0 Å². The number of hydrogen-bond acceptors (Lipinski definition) is 3. The van der Waals surface area contributed by atoms with E-state index in [-0.39, 0.29) is 24.1 Å². The molecule has 2 amide bonds. The van der Waals surface area contributed by atoms with Crippen molar-refractivity contribution in [1.82, 2.24) is 9.80 Å². The Morgan fingerprint density at radius 1 is 1.00 bits per heavy atom. The predicted octanol–water partition coefficient (Wildman–Crippen LogP) is 3.18. The van der Waals surface area contributed by atoms with Gasteiger partial charge in [-0.2, -0.15) is 0 Å². The molecule has 1 saturated carbocycles. The van der Waals surface area contributed by atoms with E-state index in [4.69, 9.17) is 4.74 Å².